The van der Waals surface area contributed by atoms with E-state index in [-0.39, 0.29) is 42.1 Å². The fourth-order valence-electron chi connectivity index (χ4n) is 3.11. The summed E-state index contributed by atoms with van der Waals surface area (Å²) in [6, 6.07) is 4.70. The van der Waals surface area contributed by atoms with E-state index >= 15 is 0 Å². The number of ether oxygens (including phenoxy) is 1. The predicted octanol–water partition coefficient (Wildman–Crippen LogP) is 3.63. The van der Waals surface area contributed by atoms with E-state index in [1.54, 1.807) is 12.1 Å². The topological polar surface area (TPSA) is 64.4 Å². The number of rotatable bonds is 5. The lowest BCUT2D eigenvalue weighted by atomic mass is 9.96. The lowest BCUT2D eigenvalue weighted by Gasteiger charge is -2.26. The second-order valence-electron chi connectivity index (χ2n) is 6.42. The van der Waals surface area contributed by atoms with Crippen molar-refractivity contribution in [2.24, 2.45) is 11.7 Å². The third-order valence-corrected chi connectivity index (χ3v) is 4.73. The molecule has 0 spiro atoms. The Morgan fingerprint density at radius 1 is 1.26 bits per heavy atom. The molecule has 0 radical (unpaired) electrons. The maximum absolute atomic E-state index is 14.0. The highest BCUT2D eigenvalue weighted by Gasteiger charge is 2.26. The van der Waals surface area contributed by atoms with Crippen LogP contribution in [0.2, 0.25) is 0 Å². The van der Waals surface area contributed by atoms with Crippen LogP contribution in [0, 0.1) is 11.7 Å². The van der Waals surface area contributed by atoms with Crippen molar-refractivity contribution in [3.05, 3.63) is 24.0 Å². The van der Waals surface area contributed by atoms with Gasteiger partial charge in [-0.1, -0.05) is 6.42 Å². The number of anilines is 1. The van der Waals surface area contributed by atoms with Gasteiger partial charge in [-0.15, -0.1) is 12.4 Å². The van der Waals surface area contributed by atoms with Gasteiger partial charge >= 0.3 is 0 Å². The van der Waals surface area contributed by atoms with Crippen LogP contribution < -0.4 is 15.8 Å². The normalized spacial score (nSPS) is 23.7. The van der Waals surface area contributed by atoms with Gasteiger partial charge in [-0.05, 0) is 50.2 Å². The molecule has 0 saturated heterocycles. The van der Waals surface area contributed by atoms with Gasteiger partial charge in [-0.25, -0.2) is 4.39 Å². The number of nitrogens with two attached hydrogens (primary N) is 1. The molecule has 2 saturated carbocycles. The Morgan fingerprint density at radius 3 is 2.57 bits per heavy atom. The summed E-state index contributed by atoms with van der Waals surface area (Å²) in [5, 5.41) is 2.75. The molecule has 0 aromatic heterocycles. The molecule has 0 bridgehead atoms. The molecule has 2 fully saturated rings. The Morgan fingerprint density at radius 2 is 2.00 bits per heavy atom. The lowest BCUT2D eigenvalue weighted by Crippen LogP contribution is -2.28. The smallest absolute Gasteiger partial charge is 0.224 e. The number of carbonyl (C=O) groups excluding carboxylic acids is 1. The molecule has 1 amide bonds. The number of hydrogen-bond acceptors (Lipinski definition) is 3. The number of benzene rings is 1. The summed E-state index contributed by atoms with van der Waals surface area (Å²) in [6.45, 7) is 0. The Labute approximate surface area is 142 Å². The molecule has 4 nitrogen and oxygen atoms in total. The number of nitrogens with one attached hydrogen (secondary N) is 1. The minimum absolute atomic E-state index is 0. The number of amides is 1. The first-order valence-electron chi connectivity index (χ1n) is 8.13. The zero-order valence-corrected chi connectivity index (χ0v) is 13.9. The van der Waals surface area contributed by atoms with E-state index in [2.05, 4.69) is 5.32 Å². The first-order valence-corrected chi connectivity index (χ1v) is 8.13. The van der Waals surface area contributed by atoms with Crippen LogP contribution in [0.5, 0.6) is 5.75 Å². The summed E-state index contributed by atoms with van der Waals surface area (Å²) < 4.78 is 19.6. The standard InChI is InChI=1S/C17H23FN2O2.ClH/c18-14-10-12(7-8-16(14)22-13-4-2-5-13)20-17(21)9-11-3-1-6-15(11)19;/h7-8,10-11,13,15H,1-6,9,19H2,(H,20,21);1H/t11-,15+;/m0./s1. The lowest BCUT2D eigenvalue weighted by molar-refractivity contribution is -0.117. The van der Waals surface area contributed by atoms with Gasteiger partial charge in [0.05, 0.1) is 6.10 Å². The van der Waals surface area contributed by atoms with E-state index in [0.29, 0.717) is 12.1 Å². The average molecular weight is 343 g/mol. The Bertz CT molecular complexity index is 551. The van der Waals surface area contributed by atoms with Gasteiger partial charge in [0, 0.05) is 24.2 Å². The minimum atomic E-state index is -0.428. The summed E-state index contributed by atoms with van der Waals surface area (Å²) in [5.74, 6) is -0.0248. The van der Waals surface area contributed by atoms with Gasteiger partial charge < -0.3 is 15.8 Å². The SMILES string of the molecule is Cl.N[C@@H]1CCC[C@H]1CC(=O)Nc1ccc(OC2CCC2)c(F)c1. The molecule has 2 aliphatic rings. The molecular formula is C17H24ClFN2O2. The Kier molecular flexibility index (Phi) is 6.25. The van der Waals surface area contributed by atoms with Crippen molar-refractivity contribution in [2.75, 3.05) is 5.32 Å². The predicted molar refractivity (Wildman–Crippen MR) is 90.5 cm³/mol. The van der Waals surface area contributed by atoms with Crippen LogP contribution in [-0.2, 0) is 4.79 Å². The highest BCUT2D eigenvalue weighted by atomic mass is 35.5. The molecule has 2 aliphatic carbocycles. The minimum Gasteiger partial charge on any atom is -0.487 e. The van der Waals surface area contributed by atoms with Gasteiger partial charge in [-0.2, -0.15) is 0 Å². The molecule has 3 N–H and O–H groups in total. The molecule has 0 unspecified atom stereocenters. The van der Waals surface area contributed by atoms with Crippen LogP contribution in [0.4, 0.5) is 10.1 Å². The molecule has 23 heavy (non-hydrogen) atoms. The van der Waals surface area contributed by atoms with E-state index in [1.807, 2.05) is 0 Å². The van der Waals surface area contributed by atoms with E-state index in [4.69, 9.17) is 10.5 Å². The van der Waals surface area contributed by atoms with Gasteiger partial charge in [0.2, 0.25) is 5.91 Å². The highest BCUT2D eigenvalue weighted by molar-refractivity contribution is 5.91. The number of halogens is 2. The van der Waals surface area contributed by atoms with Crippen molar-refractivity contribution in [1.82, 2.24) is 0 Å². The van der Waals surface area contributed by atoms with Crippen LogP contribution in [0.1, 0.15) is 44.9 Å². The molecule has 0 heterocycles. The molecule has 6 heteroatoms. The quantitative estimate of drug-likeness (QED) is 0.858. The van der Waals surface area contributed by atoms with Crippen molar-refractivity contribution >= 4 is 24.0 Å². The summed E-state index contributed by atoms with van der Waals surface area (Å²) >= 11 is 0. The van der Waals surface area contributed by atoms with Crippen LogP contribution in [0.15, 0.2) is 18.2 Å². The van der Waals surface area contributed by atoms with Crippen LogP contribution in [0.25, 0.3) is 0 Å². The zero-order chi connectivity index (χ0) is 15.5. The van der Waals surface area contributed by atoms with Crippen LogP contribution in [0.3, 0.4) is 0 Å². The van der Waals surface area contributed by atoms with Crippen molar-refractivity contribution in [3.63, 3.8) is 0 Å². The van der Waals surface area contributed by atoms with Gasteiger partial charge in [-0.3, -0.25) is 4.79 Å². The molecule has 128 valence electrons. The molecule has 0 aliphatic heterocycles. The van der Waals surface area contributed by atoms with Crippen molar-refractivity contribution in [2.45, 2.75) is 57.1 Å². The summed E-state index contributed by atoms with van der Waals surface area (Å²) in [4.78, 5) is 12.0. The summed E-state index contributed by atoms with van der Waals surface area (Å²) in [5.41, 5.74) is 6.44. The number of carbonyl (C=O) groups is 1. The van der Waals surface area contributed by atoms with Gasteiger partial charge in [0.25, 0.3) is 0 Å². The first kappa shape index (κ1) is 18.0. The van der Waals surface area contributed by atoms with E-state index in [0.717, 1.165) is 38.5 Å². The molecular weight excluding hydrogens is 319 g/mol. The molecule has 1 aromatic carbocycles. The monoisotopic (exact) mass is 342 g/mol. The van der Waals surface area contributed by atoms with E-state index in [1.165, 1.54) is 6.07 Å². The van der Waals surface area contributed by atoms with Crippen molar-refractivity contribution in [1.29, 1.82) is 0 Å². The summed E-state index contributed by atoms with van der Waals surface area (Å²) in [7, 11) is 0. The first-order chi connectivity index (χ1) is 10.6. The Balaban J connectivity index is 0.00000192. The van der Waals surface area contributed by atoms with Crippen LogP contribution >= 0.6 is 12.4 Å². The second kappa shape index (κ2) is 7.97. The third-order valence-electron chi connectivity index (χ3n) is 4.73. The fraction of sp³-hybridized carbons (Fsp3) is 0.588. The molecule has 1 aromatic rings. The molecule has 3 rings (SSSR count). The highest BCUT2D eigenvalue weighted by Crippen LogP contribution is 2.29. The Hall–Kier alpha value is -1.33. The van der Waals surface area contributed by atoms with E-state index < -0.39 is 5.82 Å². The summed E-state index contributed by atoms with van der Waals surface area (Å²) in [6.07, 6.45) is 6.72. The van der Waals surface area contributed by atoms with Gasteiger partial charge in [0.1, 0.15) is 0 Å². The zero-order valence-electron chi connectivity index (χ0n) is 13.1. The maximum Gasteiger partial charge on any atom is 0.224 e. The largest absolute Gasteiger partial charge is 0.487 e. The molecule has 2 atom stereocenters. The van der Waals surface area contributed by atoms with Gasteiger partial charge in [0.15, 0.2) is 11.6 Å². The fourth-order valence-corrected chi connectivity index (χ4v) is 3.11. The van der Waals surface area contributed by atoms with Crippen molar-refractivity contribution < 1.29 is 13.9 Å². The second-order valence-corrected chi connectivity index (χ2v) is 6.42. The van der Waals surface area contributed by atoms with Crippen molar-refractivity contribution in [3.8, 4) is 5.75 Å². The average Bonchev–Trinajstić information content (AvgIpc) is 2.81. The number of hydrogen-bond donors (Lipinski definition) is 2. The van der Waals surface area contributed by atoms with Crippen LogP contribution in [-0.4, -0.2) is 18.1 Å². The maximum atomic E-state index is 14.0. The van der Waals surface area contributed by atoms with E-state index in [9.17, 15) is 9.18 Å². The third kappa shape index (κ3) is 4.58.